The van der Waals surface area contributed by atoms with E-state index in [1.807, 2.05) is 3.83 Å². The zero-order chi connectivity index (χ0) is 9.52. The molecule has 0 saturated heterocycles. The van der Waals surface area contributed by atoms with Crippen molar-refractivity contribution in [2.75, 3.05) is 0 Å². The van der Waals surface area contributed by atoms with E-state index in [0.717, 1.165) is 0 Å². The Morgan fingerprint density at radius 1 is 1.15 bits per heavy atom. The molecule has 2 aliphatic rings. The Balaban J connectivity index is 0.000000145. The van der Waals surface area contributed by atoms with E-state index in [4.69, 9.17) is 0 Å². The van der Waals surface area contributed by atoms with Crippen molar-refractivity contribution in [2.45, 2.75) is 0 Å². The Kier molecular flexibility index (Phi) is 5.62. The molecule has 0 atom stereocenters. The van der Waals surface area contributed by atoms with E-state index in [0.29, 0.717) is 3.45 Å². The fraction of sp³-hybridized carbons (Fsp3) is 0. The Hall–Kier alpha value is 0.100. The van der Waals surface area contributed by atoms with Crippen LogP contribution >= 0.6 is 0 Å². The Morgan fingerprint density at radius 3 is 2.08 bits per heavy atom. The molecule has 0 aliphatic carbocycles. The third-order valence-corrected chi connectivity index (χ3v) is 7.26. The molecule has 0 aromatic carbocycles. The maximum atomic E-state index is 9.95. The van der Waals surface area contributed by atoms with Crippen LogP contribution in [0.5, 0.6) is 0 Å². The SMILES string of the molecule is C1=[CH][In][CH]=C1.O=[N+]([O-])[C]1=CC=[CH][In]1. The molecule has 0 bridgehead atoms. The minimum absolute atomic E-state index is 0.170. The van der Waals surface area contributed by atoms with Crippen LogP contribution < -0.4 is 0 Å². The van der Waals surface area contributed by atoms with Gasteiger partial charge in [0.15, 0.2) is 0 Å². The number of nitro groups is 1. The van der Waals surface area contributed by atoms with Crippen molar-refractivity contribution in [3.05, 3.63) is 49.4 Å². The van der Waals surface area contributed by atoms with Crippen LogP contribution in [0.4, 0.5) is 0 Å². The molecule has 2 radical (unpaired) electrons. The maximum absolute atomic E-state index is 9.95. The Labute approximate surface area is 99.2 Å². The zero-order valence-electron chi connectivity index (χ0n) is 6.96. The molecule has 0 fully saturated rings. The van der Waals surface area contributed by atoms with Gasteiger partial charge in [-0.2, -0.15) is 0 Å². The summed E-state index contributed by atoms with van der Waals surface area (Å²) in [5, 5.41) is 9.95. The first-order valence-corrected chi connectivity index (χ1v) is 11.2. The van der Waals surface area contributed by atoms with Crippen molar-refractivity contribution in [3.63, 3.8) is 0 Å². The third kappa shape index (κ3) is 4.76. The van der Waals surface area contributed by atoms with Crippen molar-refractivity contribution >= 4 is 45.8 Å². The Morgan fingerprint density at radius 2 is 1.85 bits per heavy atom. The normalized spacial score (nSPS) is 15.5. The van der Waals surface area contributed by atoms with E-state index in [9.17, 15) is 10.1 Å². The Bertz CT molecular complexity index is 295. The summed E-state index contributed by atoms with van der Waals surface area (Å²) in [6, 6.07) is 0. The van der Waals surface area contributed by atoms with Crippen LogP contribution in [0.25, 0.3) is 0 Å². The van der Waals surface area contributed by atoms with Gasteiger partial charge in [-0.3, -0.25) is 0 Å². The molecule has 3 nitrogen and oxygen atoms in total. The number of hydrogen-bond donors (Lipinski definition) is 0. The molecule has 0 unspecified atom stereocenters. The van der Waals surface area contributed by atoms with Crippen LogP contribution in [-0.2, 0) is 0 Å². The molecule has 2 heterocycles. The summed E-state index contributed by atoms with van der Waals surface area (Å²) in [5.74, 6) is 0. The topological polar surface area (TPSA) is 43.1 Å². The second kappa shape index (κ2) is 6.54. The van der Waals surface area contributed by atoms with Crippen LogP contribution in [0, 0.1) is 10.1 Å². The van der Waals surface area contributed by atoms with E-state index >= 15 is 0 Å². The van der Waals surface area contributed by atoms with Gasteiger partial charge in [0.25, 0.3) is 0 Å². The van der Waals surface area contributed by atoms with Gasteiger partial charge in [-0.25, -0.2) is 0 Å². The van der Waals surface area contributed by atoms with Gasteiger partial charge in [-0.15, -0.1) is 0 Å². The quantitative estimate of drug-likeness (QED) is 0.506. The van der Waals surface area contributed by atoms with E-state index < -0.39 is 22.9 Å². The molecular formula is C8H7In2NO2. The summed E-state index contributed by atoms with van der Waals surface area (Å²) in [7, 11) is 0. The summed E-state index contributed by atoms with van der Waals surface area (Å²) in [6.45, 7) is 0. The fourth-order valence-electron chi connectivity index (χ4n) is 0.806. The number of nitrogens with zero attached hydrogens (tertiary/aromatic N) is 1. The first-order chi connectivity index (χ1) is 6.30. The summed E-state index contributed by atoms with van der Waals surface area (Å²) in [4.78, 5) is 9.67. The number of rotatable bonds is 1. The molecule has 0 amide bonds. The zero-order valence-corrected chi connectivity index (χ0v) is 13.6. The molecule has 0 saturated carbocycles. The van der Waals surface area contributed by atoms with Crippen LogP contribution in [0.2, 0.25) is 0 Å². The second-order valence-corrected chi connectivity index (χ2v) is 9.40. The summed E-state index contributed by atoms with van der Waals surface area (Å²) < 4.78 is 7.05. The first-order valence-electron chi connectivity index (χ1n) is 3.83. The van der Waals surface area contributed by atoms with Crippen molar-refractivity contribution in [1.29, 1.82) is 0 Å². The van der Waals surface area contributed by atoms with Gasteiger partial charge in [0.1, 0.15) is 0 Å². The van der Waals surface area contributed by atoms with Gasteiger partial charge >= 0.3 is 100 Å². The average molecular weight is 379 g/mol. The summed E-state index contributed by atoms with van der Waals surface area (Å²) >= 11 is -1.18. The molecule has 62 valence electrons. The fourth-order valence-corrected chi connectivity index (χ4v) is 4.82. The van der Waals surface area contributed by atoms with E-state index in [2.05, 4.69) is 19.8 Å². The van der Waals surface area contributed by atoms with Crippen LogP contribution in [-0.4, -0.2) is 50.7 Å². The van der Waals surface area contributed by atoms with Crippen molar-refractivity contribution in [3.8, 4) is 0 Å². The van der Waals surface area contributed by atoms with E-state index in [-0.39, 0.29) is 27.8 Å². The van der Waals surface area contributed by atoms with Gasteiger partial charge in [-0.1, -0.05) is 0 Å². The monoisotopic (exact) mass is 379 g/mol. The van der Waals surface area contributed by atoms with Gasteiger partial charge in [0.05, 0.1) is 0 Å². The molecule has 13 heavy (non-hydrogen) atoms. The molecule has 2 aliphatic heterocycles. The standard InChI is InChI=1S/C4H3NO2.C4H4.2In/c1-2-3-4-5(6)7;1-3-4-2;;/h1-3H;1-4H;;. The molecule has 0 aromatic heterocycles. The second-order valence-electron chi connectivity index (χ2n) is 2.36. The van der Waals surface area contributed by atoms with Gasteiger partial charge in [-0.05, 0) is 0 Å². The van der Waals surface area contributed by atoms with E-state index in [1.165, 1.54) is 0 Å². The van der Waals surface area contributed by atoms with Gasteiger partial charge < -0.3 is 0 Å². The van der Waals surface area contributed by atoms with Crippen LogP contribution in [0.1, 0.15) is 0 Å². The van der Waals surface area contributed by atoms with Crippen molar-refractivity contribution in [2.24, 2.45) is 0 Å². The molecule has 0 N–H and O–H groups in total. The molecular weight excluding hydrogens is 372 g/mol. The molecule has 0 spiro atoms. The summed E-state index contributed by atoms with van der Waals surface area (Å²) in [5.41, 5.74) is 0. The predicted molar refractivity (Wildman–Crippen MR) is 54.0 cm³/mol. The predicted octanol–water partition coefficient (Wildman–Crippen LogP) is 1.07. The van der Waals surface area contributed by atoms with Gasteiger partial charge in [0, 0.05) is 0 Å². The molecule has 0 aromatic rings. The molecule has 5 heteroatoms. The average Bonchev–Trinajstić information content (AvgIpc) is 2.82. The van der Waals surface area contributed by atoms with Crippen LogP contribution in [0.3, 0.4) is 0 Å². The minimum atomic E-state index is -1.01. The number of allylic oxidation sites excluding steroid dienone is 4. The number of hydrogen-bond acceptors (Lipinski definition) is 2. The van der Waals surface area contributed by atoms with E-state index in [1.54, 1.807) is 12.2 Å². The van der Waals surface area contributed by atoms with Gasteiger partial charge in [0.2, 0.25) is 0 Å². The third-order valence-electron chi connectivity index (χ3n) is 1.41. The molecule has 2 rings (SSSR count). The van der Waals surface area contributed by atoms with Crippen LogP contribution in [0.15, 0.2) is 39.3 Å². The first kappa shape index (κ1) is 11.2. The van der Waals surface area contributed by atoms with Crippen molar-refractivity contribution < 1.29 is 4.92 Å². The summed E-state index contributed by atoms with van der Waals surface area (Å²) in [6.07, 6.45) is 7.66. The van der Waals surface area contributed by atoms with Crippen molar-refractivity contribution in [1.82, 2.24) is 0 Å².